The fourth-order valence-corrected chi connectivity index (χ4v) is 4.24. The third kappa shape index (κ3) is 4.59. The van der Waals surface area contributed by atoms with Crippen LogP contribution in [0.2, 0.25) is 0 Å². The van der Waals surface area contributed by atoms with Crippen molar-refractivity contribution in [2.75, 3.05) is 7.11 Å². The summed E-state index contributed by atoms with van der Waals surface area (Å²) >= 11 is 0.916. The first-order valence-electron chi connectivity index (χ1n) is 9.72. The van der Waals surface area contributed by atoms with E-state index in [9.17, 15) is 26.7 Å². The Hall–Kier alpha value is -2.57. The topological polar surface area (TPSA) is 85.6 Å². The van der Waals surface area contributed by atoms with Crippen molar-refractivity contribution in [1.29, 1.82) is 0 Å². The third-order valence-electron chi connectivity index (χ3n) is 5.86. The lowest BCUT2D eigenvalue weighted by molar-refractivity contribution is -0.272. The molecule has 0 radical (unpaired) electrons. The van der Waals surface area contributed by atoms with Gasteiger partial charge in [-0.15, -0.1) is 0 Å². The zero-order valence-corrected chi connectivity index (χ0v) is 18.6. The predicted octanol–water partition coefficient (Wildman–Crippen LogP) is 3.98. The molecule has 12 heteroatoms. The number of rotatable bonds is 5. The van der Waals surface area contributed by atoms with Gasteiger partial charge in [0, 0.05) is 40.4 Å². The Morgan fingerprint density at radius 2 is 2.06 bits per heavy atom. The first-order chi connectivity index (χ1) is 15.4. The van der Waals surface area contributed by atoms with Crippen LogP contribution in [0.1, 0.15) is 25.3 Å². The number of dihydropyridines is 1. The Kier molecular flexibility index (Phi) is 7.10. The quantitative estimate of drug-likeness (QED) is 0.427. The highest BCUT2D eigenvalue weighted by Crippen LogP contribution is 2.54. The van der Waals surface area contributed by atoms with Crippen LogP contribution in [0.3, 0.4) is 0 Å². The van der Waals surface area contributed by atoms with Crippen LogP contribution in [-0.2, 0) is 9.53 Å². The van der Waals surface area contributed by atoms with Crippen molar-refractivity contribution < 1.29 is 36.2 Å². The number of ether oxygens (including phenoxy) is 2. The van der Waals surface area contributed by atoms with Gasteiger partial charge in [-0.05, 0) is 25.1 Å². The van der Waals surface area contributed by atoms with Crippen LogP contribution in [0.4, 0.5) is 22.0 Å². The SMILES string of the molecule is COc1c([C@H]2[C@H](C(=O)NC3=CC(=CSN)NC=C3)O[C@@](C)(C(F)(F)F)[C@H]2C)ccc(F)c1F. The lowest BCUT2D eigenvalue weighted by Gasteiger charge is -2.32. The van der Waals surface area contributed by atoms with Gasteiger partial charge in [-0.3, -0.25) is 9.93 Å². The van der Waals surface area contributed by atoms with Gasteiger partial charge >= 0.3 is 6.18 Å². The summed E-state index contributed by atoms with van der Waals surface area (Å²) in [5.41, 5.74) is -2.02. The van der Waals surface area contributed by atoms with E-state index in [2.05, 4.69) is 10.6 Å². The number of hydrogen-bond donors (Lipinski definition) is 3. The molecule has 180 valence electrons. The monoisotopic (exact) mass is 491 g/mol. The molecule has 33 heavy (non-hydrogen) atoms. The standard InChI is InChI=1S/C21H22F5N3O3S/c1-10-15(13-4-5-14(22)16(23)17(13)31-3)18(32-20(10,2)21(24,25)26)19(30)29-11-6-7-28-12(8-11)9-33-27/h4-10,15,18,28H,27H2,1-3H3,(H,29,30)/t10-,15-,18+,20+/m0/s1. The van der Waals surface area contributed by atoms with Crippen molar-refractivity contribution in [3.05, 3.63) is 64.5 Å². The number of allylic oxidation sites excluding steroid dienone is 2. The summed E-state index contributed by atoms with van der Waals surface area (Å²) in [6, 6.07) is 1.88. The molecule has 2 aliphatic heterocycles. The molecule has 1 amide bonds. The number of amides is 1. The number of alkyl halides is 3. The molecule has 1 aromatic carbocycles. The summed E-state index contributed by atoms with van der Waals surface area (Å²) in [6.45, 7) is 2.07. The molecule has 0 aliphatic carbocycles. The van der Waals surface area contributed by atoms with Gasteiger partial charge in [0.05, 0.1) is 7.11 Å². The highest BCUT2D eigenvalue weighted by Gasteiger charge is 2.65. The van der Waals surface area contributed by atoms with Gasteiger partial charge in [0.25, 0.3) is 5.91 Å². The molecule has 0 unspecified atom stereocenters. The Bertz CT molecular complexity index is 1030. The highest BCUT2D eigenvalue weighted by molar-refractivity contribution is 8.00. The number of halogens is 5. The zero-order valence-electron chi connectivity index (χ0n) is 17.8. The molecule has 0 aromatic heterocycles. The molecule has 1 saturated heterocycles. The average molecular weight is 491 g/mol. The molecular weight excluding hydrogens is 469 g/mol. The number of nitrogens with two attached hydrogens (primary N) is 1. The van der Waals surface area contributed by atoms with Crippen molar-refractivity contribution in [3.8, 4) is 5.75 Å². The van der Waals surface area contributed by atoms with E-state index < -0.39 is 53.0 Å². The molecule has 1 fully saturated rings. The molecule has 0 saturated carbocycles. The maximum Gasteiger partial charge on any atom is 0.417 e. The molecule has 0 bridgehead atoms. The average Bonchev–Trinajstić information content (AvgIpc) is 3.02. The van der Waals surface area contributed by atoms with Crippen LogP contribution in [0.15, 0.2) is 47.3 Å². The Labute approximate surface area is 191 Å². The first kappa shape index (κ1) is 25.1. The Morgan fingerprint density at radius 1 is 1.36 bits per heavy atom. The maximum atomic E-state index is 14.4. The van der Waals surface area contributed by atoms with Crippen molar-refractivity contribution in [2.24, 2.45) is 11.1 Å². The molecule has 4 atom stereocenters. The normalized spacial score (nSPS) is 28.5. The summed E-state index contributed by atoms with van der Waals surface area (Å²) in [4.78, 5) is 13.1. The molecule has 4 N–H and O–H groups in total. The van der Waals surface area contributed by atoms with E-state index in [0.717, 1.165) is 38.1 Å². The molecule has 6 nitrogen and oxygen atoms in total. The van der Waals surface area contributed by atoms with E-state index >= 15 is 0 Å². The fourth-order valence-electron chi connectivity index (χ4n) is 3.96. The molecule has 3 rings (SSSR count). The molecular formula is C21H22F5N3O3S. The number of hydrogen-bond acceptors (Lipinski definition) is 6. The second-order valence-corrected chi connectivity index (χ2v) is 8.23. The van der Waals surface area contributed by atoms with Gasteiger partial charge in [-0.2, -0.15) is 17.6 Å². The van der Waals surface area contributed by atoms with Gasteiger partial charge in [-0.25, -0.2) is 4.39 Å². The van der Waals surface area contributed by atoms with E-state index in [1.807, 2.05) is 0 Å². The minimum Gasteiger partial charge on any atom is -0.493 e. The predicted molar refractivity (Wildman–Crippen MR) is 113 cm³/mol. The van der Waals surface area contributed by atoms with Crippen LogP contribution in [0.25, 0.3) is 0 Å². The van der Waals surface area contributed by atoms with Gasteiger partial charge in [-0.1, -0.05) is 24.9 Å². The maximum absolute atomic E-state index is 14.4. The molecule has 0 spiro atoms. The van der Waals surface area contributed by atoms with Crippen molar-refractivity contribution in [2.45, 2.75) is 37.6 Å². The highest BCUT2D eigenvalue weighted by atomic mass is 32.2. The van der Waals surface area contributed by atoms with Crippen LogP contribution < -0.4 is 20.5 Å². The van der Waals surface area contributed by atoms with Crippen LogP contribution >= 0.6 is 11.9 Å². The summed E-state index contributed by atoms with van der Waals surface area (Å²) in [5.74, 6) is -6.69. The van der Waals surface area contributed by atoms with E-state index in [1.165, 1.54) is 25.3 Å². The number of nitrogens with one attached hydrogen (secondary N) is 2. The Balaban J connectivity index is 2.04. The smallest absolute Gasteiger partial charge is 0.417 e. The van der Waals surface area contributed by atoms with Crippen molar-refractivity contribution in [3.63, 3.8) is 0 Å². The lowest BCUT2D eigenvalue weighted by atomic mass is 9.77. The van der Waals surface area contributed by atoms with Gasteiger partial charge in [0.2, 0.25) is 5.82 Å². The second kappa shape index (κ2) is 9.35. The van der Waals surface area contributed by atoms with Gasteiger partial charge < -0.3 is 20.1 Å². The first-order valence-corrected chi connectivity index (χ1v) is 10.7. The van der Waals surface area contributed by atoms with E-state index in [4.69, 9.17) is 14.6 Å². The number of carbonyl (C=O) groups is 1. The molecule has 1 aromatic rings. The van der Waals surface area contributed by atoms with E-state index in [1.54, 1.807) is 5.41 Å². The zero-order chi connectivity index (χ0) is 24.6. The van der Waals surface area contributed by atoms with E-state index in [-0.39, 0.29) is 11.3 Å². The van der Waals surface area contributed by atoms with Crippen molar-refractivity contribution >= 4 is 17.9 Å². The number of methoxy groups -OCH3 is 1. The second-order valence-electron chi connectivity index (χ2n) is 7.72. The van der Waals surface area contributed by atoms with Gasteiger partial charge in [0.15, 0.2) is 17.2 Å². The largest absolute Gasteiger partial charge is 0.493 e. The Morgan fingerprint density at radius 3 is 2.67 bits per heavy atom. The summed E-state index contributed by atoms with van der Waals surface area (Å²) in [5, 5.41) is 12.3. The minimum atomic E-state index is -4.84. The van der Waals surface area contributed by atoms with Crippen LogP contribution in [0, 0.1) is 17.6 Å². The number of benzene rings is 1. The van der Waals surface area contributed by atoms with E-state index in [0.29, 0.717) is 5.70 Å². The minimum absolute atomic E-state index is 0.105. The summed E-state index contributed by atoms with van der Waals surface area (Å²) in [7, 11) is 1.06. The van der Waals surface area contributed by atoms with Crippen LogP contribution in [-0.4, -0.2) is 30.9 Å². The number of carbonyl (C=O) groups excluding carboxylic acids is 1. The van der Waals surface area contributed by atoms with Gasteiger partial charge in [0.1, 0.15) is 6.10 Å². The molecule has 2 heterocycles. The lowest BCUT2D eigenvalue weighted by Crippen LogP contribution is -2.47. The fraction of sp³-hybridized carbons (Fsp3) is 0.381. The third-order valence-corrected chi connectivity index (χ3v) is 6.25. The van der Waals surface area contributed by atoms with Crippen LogP contribution in [0.5, 0.6) is 5.75 Å². The van der Waals surface area contributed by atoms with Crippen molar-refractivity contribution in [1.82, 2.24) is 10.6 Å². The molecule has 2 aliphatic rings. The summed E-state index contributed by atoms with van der Waals surface area (Å²) in [6.07, 6.45) is -2.00. The summed E-state index contributed by atoms with van der Waals surface area (Å²) < 4.78 is 80.3.